The molecule has 0 aliphatic carbocycles. The normalized spacial score (nSPS) is 11.3. The van der Waals surface area contributed by atoms with Crippen molar-refractivity contribution >= 4 is 17.1 Å². The number of imidazole rings is 1. The highest BCUT2D eigenvalue weighted by Gasteiger charge is 2.13. The molecule has 0 spiro atoms. The number of nitrogens with zero attached hydrogens (tertiary/aromatic N) is 3. The largest absolute Gasteiger partial charge is 0.352 e. The van der Waals surface area contributed by atoms with Gasteiger partial charge in [0.2, 0.25) is 5.91 Å². The molecule has 0 atom stereocenters. The van der Waals surface area contributed by atoms with E-state index in [-0.39, 0.29) is 5.91 Å². The smallest absolute Gasteiger partial charge is 0.330 e. The van der Waals surface area contributed by atoms with Gasteiger partial charge in [-0.05, 0) is 24.0 Å². The van der Waals surface area contributed by atoms with E-state index in [2.05, 4.69) is 15.3 Å². The summed E-state index contributed by atoms with van der Waals surface area (Å²) in [7, 11) is 0. The van der Waals surface area contributed by atoms with Crippen LogP contribution < -0.4 is 16.6 Å². The van der Waals surface area contributed by atoms with Gasteiger partial charge in [-0.1, -0.05) is 38.1 Å². The van der Waals surface area contributed by atoms with Gasteiger partial charge in [-0.2, -0.15) is 0 Å². The van der Waals surface area contributed by atoms with E-state index in [1.54, 1.807) is 10.9 Å². The van der Waals surface area contributed by atoms with E-state index in [1.165, 1.54) is 4.57 Å². The lowest BCUT2D eigenvalue weighted by Gasteiger charge is -2.09. The van der Waals surface area contributed by atoms with Crippen LogP contribution in [0, 0.1) is 5.92 Å². The molecular weight excluding hydrogens is 358 g/mol. The van der Waals surface area contributed by atoms with Gasteiger partial charge in [0, 0.05) is 19.5 Å². The van der Waals surface area contributed by atoms with Gasteiger partial charge in [0.1, 0.15) is 0 Å². The van der Waals surface area contributed by atoms with Crippen molar-refractivity contribution in [3.63, 3.8) is 0 Å². The Balaban J connectivity index is 1.78. The van der Waals surface area contributed by atoms with Crippen LogP contribution >= 0.6 is 0 Å². The Labute approximate surface area is 162 Å². The second kappa shape index (κ2) is 8.24. The maximum atomic E-state index is 12.3. The molecule has 2 heterocycles. The van der Waals surface area contributed by atoms with Crippen LogP contribution in [0.5, 0.6) is 0 Å². The number of aromatic nitrogens is 4. The molecule has 0 unspecified atom stereocenters. The third-order valence-corrected chi connectivity index (χ3v) is 4.54. The molecule has 0 radical (unpaired) electrons. The Kier molecular flexibility index (Phi) is 5.77. The van der Waals surface area contributed by atoms with Crippen molar-refractivity contribution in [3.8, 4) is 0 Å². The zero-order valence-electron chi connectivity index (χ0n) is 16.4. The number of carbonyl (C=O) groups is 1. The second-order valence-corrected chi connectivity index (χ2v) is 7.24. The summed E-state index contributed by atoms with van der Waals surface area (Å²) in [6, 6.07) is 7.65. The molecule has 1 aromatic carbocycles. The fraction of sp³-hybridized carbons (Fsp3) is 0.400. The average Bonchev–Trinajstić information content (AvgIpc) is 3.08. The number of rotatable bonds is 7. The minimum absolute atomic E-state index is 0.0350. The lowest BCUT2D eigenvalue weighted by atomic mass is 10.1. The first-order chi connectivity index (χ1) is 13.4. The quantitative estimate of drug-likeness (QED) is 0.647. The summed E-state index contributed by atoms with van der Waals surface area (Å²) in [5, 5.41) is 2.90. The number of nitrogens with one attached hydrogen (secondary N) is 2. The van der Waals surface area contributed by atoms with Crippen molar-refractivity contribution in [2.45, 2.75) is 46.8 Å². The minimum atomic E-state index is -0.483. The Bertz CT molecular complexity index is 1090. The highest BCUT2D eigenvalue weighted by atomic mass is 16.2. The fourth-order valence-corrected chi connectivity index (χ4v) is 3.10. The molecule has 3 rings (SSSR count). The van der Waals surface area contributed by atoms with Gasteiger partial charge in [0.05, 0.1) is 12.9 Å². The van der Waals surface area contributed by atoms with Crippen LogP contribution in [0.3, 0.4) is 0 Å². The van der Waals surface area contributed by atoms with Crippen molar-refractivity contribution in [2.75, 3.05) is 0 Å². The Morgan fingerprint density at radius 1 is 1.18 bits per heavy atom. The van der Waals surface area contributed by atoms with Gasteiger partial charge < -0.3 is 9.88 Å². The summed E-state index contributed by atoms with van der Waals surface area (Å²) in [5.41, 5.74) is 1.74. The summed E-state index contributed by atoms with van der Waals surface area (Å²) in [6.45, 7) is 7.29. The molecule has 0 aliphatic heterocycles. The van der Waals surface area contributed by atoms with Crippen LogP contribution in [0.4, 0.5) is 0 Å². The van der Waals surface area contributed by atoms with E-state index >= 15 is 0 Å². The first-order valence-electron chi connectivity index (χ1n) is 9.41. The predicted molar refractivity (Wildman–Crippen MR) is 107 cm³/mol. The molecule has 148 valence electrons. The second-order valence-electron chi connectivity index (χ2n) is 7.24. The Hall–Kier alpha value is -3.16. The standard InChI is InChI=1S/C20H25N5O3/c1-4-24-12-22-18-17(24)19(27)23-20(28)25(18)11-15-7-5-14(6-8-15)10-21-16(26)9-13(2)3/h5-8,12-13H,4,9-11H2,1-3H3,(H,21,26)(H,23,27,28). The first kappa shape index (κ1) is 19.6. The zero-order chi connectivity index (χ0) is 20.3. The number of aromatic amines is 1. The third-order valence-electron chi connectivity index (χ3n) is 4.54. The number of benzene rings is 1. The van der Waals surface area contributed by atoms with E-state index in [0.717, 1.165) is 11.1 Å². The lowest BCUT2D eigenvalue weighted by molar-refractivity contribution is -0.121. The number of H-pyrrole nitrogens is 1. The van der Waals surface area contributed by atoms with Gasteiger partial charge in [0.25, 0.3) is 5.56 Å². The SMILES string of the molecule is CCn1cnc2c1c(=O)[nH]c(=O)n2Cc1ccc(CNC(=O)CC(C)C)cc1. The van der Waals surface area contributed by atoms with E-state index in [0.29, 0.717) is 43.1 Å². The van der Waals surface area contributed by atoms with E-state index < -0.39 is 11.2 Å². The monoisotopic (exact) mass is 383 g/mol. The maximum Gasteiger partial charge on any atom is 0.330 e. The topological polar surface area (TPSA) is 102 Å². The van der Waals surface area contributed by atoms with Crippen molar-refractivity contribution in [3.05, 3.63) is 62.6 Å². The van der Waals surface area contributed by atoms with Crippen LogP contribution in [0.15, 0.2) is 40.2 Å². The minimum Gasteiger partial charge on any atom is -0.352 e. The van der Waals surface area contributed by atoms with E-state index in [9.17, 15) is 14.4 Å². The molecule has 0 bridgehead atoms. The maximum absolute atomic E-state index is 12.3. The highest BCUT2D eigenvalue weighted by Crippen LogP contribution is 2.10. The molecule has 2 aromatic heterocycles. The van der Waals surface area contributed by atoms with Gasteiger partial charge in [-0.25, -0.2) is 9.78 Å². The summed E-state index contributed by atoms with van der Waals surface area (Å²) in [4.78, 5) is 42.8. The van der Waals surface area contributed by atoms with Gasteiger partial charge in [-0.3, -0.25) is 19.1 Å². The average molecular weight is 383 g/mol. The fourth-order valence-electron chi connectivity index (χ4n) is 3.10. The first-order valence-corrected chi connectivity index (χ1v) is 9.41. The summed E-state index contributed by atoms with van der Waals surface area (Å²) in [5.74, 6) is 0.360. The van der Waals surface area contributed by atoms with E-state index in [4.69, 9.17) is 0 Å². The molecule has 0 saturated heterocycles. The zero-order valence-corrected chi connectivity index (χ0v) is 16.4. The van der Waals surface area contributed by atoms with Crippen molar-refractivity contribution in [2.24, 2.45) is 5.92 Å². The lowest BCUT2D eigenvalue weighted by Crippen LogP contribution is -2.31. The van der Waals surface area contributed by atoms with E-state index in [1.807, 2.05) is 45.0 Å². The van der Waals surface area contributed by atoms with Crippen LogP contribution in [0.2, 0.25) is 0 Å². The van der Waals surface area contributed by atoms with Crippen LogP contribution in [-0.4, -0.2) is 25.0 Å². The molecule has 8 heteroatoms. The Morgan fingerprint density at radius 3 is 2.50 bits per heavy atom. The predicted octanol–water partition coefficient (Wildman–Crippen LogP) is 1.62. The number of hydrogen-bond donors (Lipinski definition) is 2. The molecular formula is C20H25N5O3. The van der Waals surface area contributed by atoms with Crippen molar-refractivity contribution in [1.82, 2.24) is 24.4 Å². The molecule has 0 fully saturated rings. The number of carbonyl (C=O) groups excluding carboxylic acids is 1. The third kappa shape index (κ3) is 4.21. The number of aryl methyl sites for hydroxylation is 1. The number of fused-ring (bicyclic) bond motifs is 1. The summed E-state index contributed by atoms with van der Waals surface area (Å²) in [6.07, 6.45) is 2.08. The molecule has 0 saturated carbocycles. The molecule has 0 aliphatic rings. The molecule has 2 N–H and O–H groups in total. The van der Waals surface area contributed by atoms with Gasteiger partial charge in [0.15, 0.2) is 11.2 Å². The van der Waals surface area contributed by atoms with Gasteiger partial charge in [-0.15, -0.1) is 0 Å². The van der Waals surface area contributed by atoms with Crippen LogP contribution in [0.1, 0.15) is 38.3 Å². The molecule has 3 aromatic rings. The van der Waals surface area contributed by atoms with Gasteiger partial charge >= 0.3 is 5.69 Å². The van der Waals surface area contributed by atoms with Crippen molar-refractivity contribution < 1.29 is 4.79 Å². The number of hydrogen-bond acceptors (Lipinski definition) is 4. The Morgan fingerprint density at radius 2 is 1.86 bits per heavy atom. The van der Waals surface area contributed by atoms with Crippen LogP contribution in [-0.2, 0) is 24.4 Å². The summed E-state index contributed by atoms with van der Waals surface area (Å²) < 4.78 is 3.18. The molecule has 8 nitrogen and oxygen atoms in total. The van der Waals surface area contributed by atoms with Crippen molar-refractivity contribution in [1.29, 1.82) is 0 Å². The van der Waals surface area contributed by atoms with Crippen LogP contribution in [0.25, 0.3) is 11.2 Å². The highest BCUT2D eigenvalue weighted by molar-refractivity contribution is 5.76. The molecule has 28 heavy (non-hydrogen) atoms. The summed E-state index contributed by atoms with van der Waals surface area (Å²) >= 11 is 0. The number of amides is 1. The molecule has 1 amide bonds.